The molecular formula is C21H21FN4O. The molecule has 2 N–H and O–H groups in total. The third-order valence-electron chi connectivity index (χ3n) is 3.96. The Morgan fingerprint density at radius 1 is 1.04 bits per heavy atom. The quantitative estimate of drug-likeness (QED) is 0.621. The van der Waals surface area contributed by atoms with Gasteiger partial charge in [-0.15, -0.1) is 0 Å². The Bertz CT molecular complexity index is 898. The lowest BCUT2D eigenvalue weighted by Gasteiger charge is -2.09. The van der Waals surface area contributed by atoms with Crippen molar-refractivity contribution in [3.05, 3.63) is 83.6 Å². The summed E-state index contributed by atoms with van der Waals surface area (Å²) < 4.78 is 13.0. The van der Waals surface area contributed by atoms with Crippen LogP contribution >= 0.6 is 0 Å². The van der Waals surface area contributed by atoms with Crippen LogP contribution < -0.4 is 10.6 Å². The molecule has 27 heavy (non-hydrogen) atoms. The zero-order chi connectivity index (χ0) is 19.1. The number of rotatable bonds is 7. The average Bonchev–Trinajstić information content (AvgIpc) is 2.67. The van der Waals surface area contributed by atoms with Gasteiger partial charge < -0.3 is 10.6 Å². The fourth-order valence-corrected chi connectivity index (χ4v) is 2.66. The van der Waals surface area contributed by atoms with Crippen molar-refractivity contribution in [1.82, 2.24) is 15.3 Å². The summed E-state index contributed by atoms with van der Waals surface area (Å²) in [7, 11) is 0. The molecule has 6 heteroatoms. The number of hydrogen-bond donors (Lipinski definition) is 2. The Balaban J connectivity index is 1.57. The summed E-state index contributed by atoms with van der Waals surface area (Å²) in [5.74, 6) is 0.422. The third-order valence-corrected chi connectivity index (χ3v) is 3.96. The van der Waals surface area contributed by atoms with Crippen LogP contribution in [-0.2, 0) is 6.42 Å². The van der Waals surface area contributed by atoms with E-state index in [4.69, 9.17) is 0 Å². The summed E-state index contributed by atoms with van der Waals surface area (Å²) in [6.07, 6.45) is 1.75. The highest BCUT2D eigenvalue weighted by Crippen LogP contribution is 2.16. The van der Waals surface area contributed by atoms with Gasteiger partial charge in [-0.1, -0.05) is 30.3 Å². The Hall–Kier alpha value is -3.28. The summed E-state index contributed by atoms with van der Waals surface area (Å²) in [5, 5.41) is 5.95. The number of carbonyl (C=O) groups excluding carboxylic acids is 1. The molecule has 1 amide bonds. The summed E-state index contributed by atoms with van der Waals surface area (Å²) >= 11 is 0. The lowest BCUT2D eigenvalue weighted by Crippen LogP contribution is -2.26. The van der Waals surface area contributed by atoms with Crippen LogP contribution in [0.15, 0.2) is 60.7 Å². The maximum absolute atomic E-state index is 13.0. The van der Waals surface area contributed by atoms with Crippen molar-refractivity contribution in [2.75, 3.05) is 11.9 Å². The van der Waals surface area contributed by atoms with E-state index in [1.807, 2.05) is 18.2 Å². The van der Waals surface area contributed by atoms with Gasteiger partial charge in [-0.25, -0.2) is 14.4 Å². The third kappa shape index (κ3) is 5.60. The van der Waals surface area contributed by atoms with Crippen LogP contribution in [0.4, 0.5) is 15.9 Å². The number of anilines is 2. The van der Waals surface area contributed by atoms with Crippen molar-refractivity contribution in [3.8, 4) is 0 Å². The zero-order valence-corrected chi connectivity index (χ0v) is 15.1. The average molecular weight is 364 g/mol. The lowest BCUT2D eigenvalue weighted by atomic mass is 10.1. The first-order chi connectivity index (χ1) is 13.1. The number of nitrogens with zero attached hydrogens (tertiary/aromatic N) is 2. The molecule has 0 saturated carbocycles. The van der Waals surface area contributed by atoms with E-state index in [-0.39, 0.29) is 11.7 Å². The minimum Gasteiger partial charge on any atom is -0.351 e. The molecule has 1 aromatic heterocycles. The number of aryl methyl sites for hydroxylation is 2. The van der Waals surface area contributed by atoms with Crippen molar-refractivity contribution < 1.29 is 9.18 Å². The van der Waals surface area contributed by atoms with Crippen LogP contribution in [0.25, 0.3) is 0 Å². The Kier molecular flexibility index (Phi) is 6.10. The van der Waals surface area contributed by atoms with Crippen molar-refractivity contribution >= 4 is 17.4 Å². The molecule has 0 aliphatic rings. The van der Waals surface area contributed by atoms with Gasteiger partial charge in [0, 0.05) is 18.3 Å². The summed E-state index contributed by atoms with van der Waals surface area (Å²) in [4.78, 5) is 20.9. The van der Waals surface area contributed by atoms with Gasteiger partial charge in [-0.2, -0.15) is 0 Å². The minimum absolute atomic E-state index is 0.240. The van der Waals surface area contributed by atoms with Crippen LogP contribution in [0.3, 0.4) is 0 Å². The number of benzene rings is 2. The predicted octanol–water partition coefficient (Wildman–Crippen LogP) is 4.03. The molecule has 0 fully saturated rings. The number of hydrogen-bond acceptors (Lipinski definition) is 4. The van der Waals surface area contributed by atoms with E-state index < -0.39 is 0 Å². The molecule has 3 rings (SSSR count). The molecule has 0 aliphatic carbocycles. The number of amides is 1. The second-order valence-electron chi connectivity index (χ2n) is 6.16. The van der Waals surface area contributed by atoms with Crippen molar-refractivity contribution in [2.24, 2.45) is 0 Å². The monoisotopic (exact) mass is 364 g/mol. The predicted molar refractivity (Wildman–Crippen MR) is 104 cm³/mol. The fourth-order valence-electron chi connectivity index (χ4n) is 2.66. The number of aromatic nitrogens is 2. The van der Waals surface area contributed by atoms with Gasteiger partial charge in [0.1, 0.15) is 23.2 Å². The highest BCUT2D eigenvalue weighted by molar-refractivity contribution is 5.93. The molecule has 5 nitrogen and oxygen atoms in total. The molecule has 138 valence electrons. The lowest BCUT2D eigenvalue weighted by molar-refractivity contribution is 0.0948. The molecule has 0 bridgehead atoms. The maximum Gasteiger partial charge on any atom is 0.270 e. The van der Waals surface area contributed by atoms with Crippen molar-refractivity contribution in [2.45, 2.75) is 19.8 Å². The van der Waals surface area contributed by atoms with E-state index in [1.54, 1.807) is 25.1 Å². The van der Waals surface area contributed by atoms with Gasteiger partial charge in [0.05, 0.1) is 0 Å². The van der Waals surface area contributed by atoms with E-state index in [0.717, 1.165) is 12.8 Å². The molecule has 1 heterocycles. The molecular weight excluding hydrogens is 343 g/mol. The summed E-state index contributed by atoms with van der Waals surface area (Å²) in [5.41, 5.74) is 2.23. The first kappa shape index (κ1) is 18.5. The molecule has 0 atom stereocenters. The van der Waals surface area contributed by atoms with Gasteiger partial charge >= 0.3 is 0 Å². The smallest absolute Gasteiger partial charge is 0.270 e. The minimum atomic E-state index is -0.310. The molecule has 0 saturated heterocycles. The molecule has 0 aliphatic heterocycles. The van der Waals surface area contributed by atoms with E-state index in [0.29, 0.717) is 29.6 Å². The van der Waals surface area contributed by atoms with E-state index >= 15 is 0 Å². The topological polar surface area (TPSA) is 66.9 Å². The standard InChI is InChI=1S/C21H21FN4O/c1-15-24-19(14-20(25-15)26-18-11-9-17(22)10-12-18)21(27)23-13-5-8-16-6-3-2-4-7-16/h2-4,6-7,9-12,14H,5,8,13H2,1H3,(H,23,27)(H,24,25,26). The second-order valence-corrected chi connectivity index (χ2v) is 6.16. The van der Waals surface area contributed by atoms with Crippen LogP contribution in [0.1, 0.15) is 28.3 Å². The summed E-state index contributed by atoms with van der Waals surface area (Å²) in [6.45, 7) is 2.29. The first-order valence-corrected chi connectivity index (χ1v) is 8.80. The molecule has 0 spiro atoms. The first-order valence-electron chi connectivity index (χ1n) is 8.80. The van der Waals surface area contributed by atoms with E-state index in [9.17, 15) is 9.18 Å². The normalized spacial score (nSPS) is 10.4. The molecule has 2 aromatic carbocycles. The zero-order valence-electron chi connectivity index (χ0n) is 15.1. The van der Waals surface area contributed by atoms with Crippen LogP contribution in [0.2, 0.25) is 0 Å². The second kappa shape index (κ2) is 8.89. The van der Waals surface area contributed by atoms with Gasteiger partial charge in [0.25, 0.3) is 5.91 Å². The fraction of sp³-hybridized carbons (Fsp3) is 0.190. The van der Waals surface area contributed by atoms with Crippen molar-refractivity contribution in [3.63, 3.8) is 0 Å². The van der Waals surface area contributed by atoms with Gasteiger partial charge in [0.15, 0.2) is 0 Å². The largest absolute Gasteiger partial charge is 0.351 e. The number of halogens is 1. The van der Waals surface area contributed by atoms with Crippen molar-refractivity contribution in [1.29, 1.82) is 0 Å². The SMILES string of the molecule is Cc1nc(Nc2ccc(F)cc2)cc(C(=O)NCCCc2ccccc2)n1. The van der Waals surface area contributed by atoms with E-state index in [2.05, 4.69) is 32.7 Å². The number of carbonyl (C=O) groups is 1. The van der Waals surface area contributed by atoms with Gasteiger partial charge in [-0.05, 0) is 49.6 Å². The van der Waals surface area contributed by atoms with Crippen LogP contribution in [0, 0.1) is 12.7 Å². The van der Waals surface area contributed by atoms with Gasteiger partial charge in [0.2, 0.25) is 0 Å². The Morgan fingerprint density at radius 3 is 2.52 bits per heavy atom. The van der Waals surface area contributed by atoms with E-state index in [1.165, 1.54) is 17.7 Å². The van der Waals surface area contributed by atoms with Crippen LogP contribution in [0.5, 0.6) is 0 Å². The van der Waals surface area contributed by atoms with Gasteiger partial charge in [-0.3, -0.25) is 4.79 Å². The van der Waals surface area contributed by atoms with Crippen LogP contribution in [-0.4, -0.2) is 22.4 Å². The molecule has 0 radical (unpaired) electrons. The number of nitrogens with one attached hydrogen (secondary N) is 2. The highest BCUT2D eigenvalue weighted by atomic mass is 19.1. The molecule has 0 unspecified atom stereocenters. The maximum atomic E-state index is 13.0. The molecule has 3 aromatic rings. The summed E-state index contributed by atoms with van der Waals surface area (Å²) in [6, 6.07) is 17.7. The Labute approximate surface area is 157 Å². The highest BCUT2D eigenvalue weighted by Gasteiger charge is 2.10. The Morgan fingerprint density at radius 2 is 1.78 bits per heavy atom.